The van der Waals surface area contributed by atoms with Gasteiger partial charge in [-0.3, -0.25) is 0 Å². The molecule has 0 radical (unpaired) electrons. The molecule has 0 aliphatic carbocycles. The molecule has 0 fully saturated rings. The number of fused-ring (bicyclic) bond motifs is 2. The Hall–Kier alpha value is -1.87. The Morgan fingerprint density at radius 2 is 1.18 bits per heavy atom. The van der Waals surface area contributed by atoms with Crippen LogP contribution in [0.5, 0.6) is 0 Å². The van der Waals surface area contributed by atoms with Gasteiger partial charge in [0.25, 0.3) is 0 Å². The van der Waals surface area contributed by atoms with Crippen LogP contribution in [0.15, 0.2) is 72.8 Å². The zero-order chi connectivity index (χ0) is 15.1. The molecule has 4 rings (SSSR count). The van der Waals surface area contributed by atoms with Gasteiger partial charge >= 0.3 is 0 Å². The molecular weight excluding hydrogens is 379 g/mol. The maximum absolute atomic E-state index is 2.48. The number of aryl methyl sites for hydroxylation is 1. The third-order valence-electron chi connectivity index (χ3n) is 4.17. The molecule has 4 aromatic carbocycles. The maximum atomic E-state index is 2.48. The van der Waals surface area contributed by atoms with E-state index >= 15 is 0 Å². The molecule has 0 bridgehead atoms. The monoisotopic (exact) mass is 394 g/mol. The molecule has 1 heteroatoms. The van der Waals surface area contributed by atoms with E-state index in [0.717, 1.165) is 0 Å². The minimum Gasteiger partial charge on any atom is -0.0616 e. The molecule has 0 heterocycles. The Morgan fingerprint density at radius 3 is 1.73 bits per heavy atom. The predicted octanol–water partition coefficient (Wildman–Crippen LogP) is 6.57. The van der Waals surface area contributed by atoms with Crippen molar-refractivity contribution in [3.8, 4) is 11.1 Å². The van der Waals surface area contributed by atoms with Gasteiger partial charge in [0.1, 0.15) is 0 Å². The summed E-state index contributed by atoms with van der Waals surface area (Å²) in [6, 6.07) is 26.2. The standard InChI is InChI=1S/C21H15I/c1-14-7-6-8-15(13-14)20-16-9-2-4-11-18(16)21(22)19-12-5-3-10-17(19)20/h2-13H,1H3. The Kier molecular flexibility index (Phi) is 3.38. The van der Waals surface area contributed by atoms with Crippen molar-refractivity contribution >= 4 is 44.1 Å². The second kappa shape index (κ2) is 5.40. The maximum Gasteiger partial charge on any atom is 0.0287 e. The number of halogens is 1. The van der Waals surface area contributed by atoms with E-state index < -0.39 is 0 Å². The first-order valence-corrected chi connectivity index (χ1v) is 8.49. The largest absolute Gasteiger partial charge is 0.0616 e. The normalized spacial score (nSPS) is 11.2. The average molecular weight is 394 g/mol. The molecule has 0 saturated carbocycles. The van der Waals surface area contributed by atoms with Crippen LogP contribution in [0.2, 0.25) is 0 Å². The SMILES string of the molecule is Cc1cccc(-c2c3ccccc3c(I)c3ccccc23)c1. The van der Waals surface area contributed by atoms with E-state index in [2.05, 4.69) is 102 Å². The molecule has 0 N–H and O–H groups in total. The van der Waals surface area contributed by atoms with Gasteiger partial charge in [-0.15, -0.1) is 0 Å². The lowest BCUT2D eigenvalue weighted by Crippen LogP contribution is -1.89. The first kappa shape index (κ1) is 13.8. The fraction of sp³-hybridized carbons (Fsp3) is 0.0476. The highest BCUT2D eigenvalue weighted by Gasteiger charge is 2.13. The minimum atomic E-state index is 1.30. The van der Waals surface area contributed by atoms with Crippen LogP contribution < -0.4 is 0 Å². The number of hydrogen-bond acceptors (Lipinski definition) is 0. The van der Waals surface area contributed by atoms with Crippen molar-refractivity contribution in [1.29, 1.82) is 0 Å². The van der Waals surface area contributed by atoms with Gasteiger partial charge in [-0.2, -0.15) is 0 Å². The van der Waals surface area contributed by atoms with Gasteiger partial charge in [0, 0.05) is 3.57 Å². The molecule has 0 atom stereocenters. The highest BCUT2D eigenvalue weighted by Crippen LogP contribution is 2.39. The van der Waals surface area contributed by atoms with Crippen LogP contribution in [0.3, 0.4) is 0 Å². The van der Waals surface area contributed by atoms with E-state index in [4.69, 9.17) is 0 Å². The van der Waals surface area contributed by atoms with Crippen molar-refractivity contribution in [2.45, 2.75) is 6.92 Å². The Bertz CT molecular complexity index is 942. The van der Waals surface area contributed by atoms with Crippen LogP contribution in [0.4, 0.5) is 0 Å². The van der Waals surface area contributed by atoms with Crippen LogP contribution >= 0.6 is 22.6 Å². The fourth-order valence-corrected chi connectivity index (χ4v) is 4.13. The van der Waals surface area contributed by atoms with Crippen LogP contribution in [0, 0.1) is 10.5 Å². The summed E-state index contributed by atoms with van der Waals surface area (Å²) in [5.41, 5.74) is 3.93. The molecule has 0 amide bonds. The van der Waals surface area contributed by atoms with Gasteiger partial charge in [0.15, 0.2) is 0 Å². The summed E-state index contributed by atoms with van der Waals surface area (Å²) in [6.07, 6.45) is 0. The summed E-state index contributed by atoms with van der Waals surface area (Å²) >= 11 is 2.48. The van der Waals surface area contributed by atoms with Gasteiger partial charge in [-0.1, -0.05) is 78.4 Å². The van der Waals surface area contributed by atoms with Crippen LogP contribution in [0.1, 0.15) is 5.56 Å². The third kappa shape index (κ3) is 2.12. The van der Waals surface area contributed by atoms with Gasteiger partial charge in [-0.25, -0.2) is 0 Å². The minimum absolute atomic E-state index is 1.30. The number of benzene rings is 4. The summed E-state index contributed by atoms with van der Waals surface area (Å²) in [7, 11) is 0. The van der Waals surface area contributed by atoms with E-state index in [9.17, 15) is 0 Å². The van der Waals surface area contributed by atoms with Gasteiger partial charge in [0.2, 0.25) is 0 Å². The summed E-state index contributed by atoms with van der Waals surface area (Å²) < 4.78 is 1.33. The number of rotatable bonds is 1. The zero-order valence-electron chi connectivity index (χ0n) is 12.3. The van der Waals surface area contributed by atoms with E-state index in [1.807, 2.05) is 0 Å². The lowest BCUT2D eigenvalue weighted by molar-refractivity contribution is 1.47. The smallest absolute Gasteiger partial charge is 0.0287 e. The average Bonchev–Trinajstić information content (AvgIpc) is 2.55. The van der Waals surface area contributed by atoms with Gasteiger partial charge < -0.3 is 0 Å². The summed E-state index contributed by atoms with van der Waals surface area (Å²) in [4.78, 5) is 0. The Balaban J connectivity index is 2.26. The molecule has 0 saturated heterocycles. The van der Waals surface area contributed by atoms with Crippen molar-refractivity contribution in [3.63, 3.8) is 0 Å². The lowest BCUT2D eigenvalue weighted by atomic mass is 9.91. The second-order valence-electron chi connectivity index (χ2n) is 5.65. The van der Waals surface area contributed by atoms with Crippen LogP contribution in [-0.2, 0) is 0 Å². The van der Waals surface area contributed by atoms with Crippen molar-refractivity contribution < 1.29 is 0 Å². The summed E-state index contributed by atoms with van der Waals surface area (Å²) in [6.45, 7) is 2.15. The van der Waals surface area contributed by atoms with Crippen molar-refractivity contribution in [3.05, 3.63) is 81.9 Å². The Labute approximate surface area is 143 Å². The van der Waals surface area contributed by atoms with Crippen LogP contribution in [-0.4, -0.2) is 0 Å². The molecule has 0 aliphatic heterocycles. The Morgan fingerprint density at radius 1 is 0.636 bits per heavy atom. The zero-order valence-corrected chi connectivity index (χ0v) is 14.5. The van der Waals surface area contributed by atoms with Gasteiger partial charge in [0.05, 0.1) is 0 Å². The molecule has 106 valence electrons. The first-order chi connectivity index (χ1) is 10.8. The van der Waals surface area contributed by atoms with Crippen molar-refractivity contribution in [1.82, 2.24) is 0 Å². The quantitative estimate of drug-likeness (QED) is 0.253. The molecular formula is C21H15I. The second-order valence-corrected chi connectivity index (χ2v) is 6.73. The molecule has 0 unspecified atom stereocenters. The van der Waals surface area contributed by atoms with Gasteiger partial charge in [-0.05, 0) is 62.2 Å². The molecule has 0 aliphatic rings. The van der Waals surface area contributed by atoms with E-state index in [1.165, 1.54) is 41.8 Å². The lowest BCUT2D eigenvalue weighted by Gasteiger charge is -2.14. The number of hydrogen-bond donors (Lipinski definition) is 0. The molecule has 22 heavy (non-hydrogen) atoms. The fourth-order valence-electron chi connectivity index (χ4n) is 3.19. The highest BCUT2D eigenvalue weighted by molar-refractivity contribution is 14.1. The van der Waals surface area contributed by atoms with Crippen molar-refractivity contribution in [2.75, 3.05) is 0 Å². The first-order valence-electron chi connectivity index (χ1n) is 7.42. The molecule has 0 aromatic heterocycles. The van der Waals surface area contributed by atoms with Crippen molar-refractivity contribution in [2.24, 2.45) is 0 Å². The topological polar surface area (TPSA) is 0 Å². The summed E-state index contributed by atoms with van der Waals surface area (Å²) in [5, 5.41) is 5.32. The molecule has 0 spiro atoms. The molecule has 0 nitrogen and oxygen atoms in total. The third-order valence-corrected chi connectivity index (χ3v) is 5.33. The van der Waals surface area contributed by atoms with E-state index in [0.29, 0.717) is 0 Å². The van der Waals surface area contributed by atoms with E-state index in [1.54, 1.807) is 0 Å². The molecule has 4 aromatic rings. The van der Waals surface area contributed by atoms with E-state index in [-0.39, 0.29) is 0 Å². The highest BCUT2D eigenvalue weighted by atomic mass is 127. The van der Waals surface area contributed by atoms with Crippen LogP contribution in [0.25, 0.3) is 32.7 Å². The summed E-state index contributed by atoms with van der Waals surface area (Å²) in [5.74, 6) is 0. The predicted molar refractivity (Wildman–Crippen MR) is 104 cm³/mol.